The summed E-state index contributed by atoms with van der Waals surface area (Å²) in [4.78, 5) is 40.0. The Bertz CT molecular complexity index is 1930. The number of rotatable bonds is 10. The molecular formula is C36H41N7O6S. The monoisotopic (exact) mass is 699 g/mol. The molecule has 1 spiro atoms. The van der Waals surface area contributed by atoms with E-state index in [-0.39, 0.29) is 45.2 Å². The summed E-state index contributed by atoms with van der Waals surface area (Å²) in [5, 5.41) is 12.9. The summed E-state index contributed by atoms with van der Waals surface area (Å²) in [6.07, 6.45) is 5.32. The van der Waals surface area contributed by atoms with Crippen LogP contribution in [0.25, 0.3) is 0 Å². The van der Waals surface area contributed by atoms with E-state index in [2.05, 4.69) is 26.2 Å². The van der Waals surface area contributed by atoms with Gasteiger partial charge in [-0.3, -0.25) is 4.79 Å². The number of nitriles is 1. The van der Waals surface area contributed by atoms with Gasteiger partial charge in [0.2, 0.25) is 5.88 Å². The van der Waals surface area contributed by atoms with Crippen molar-refractivity contribution in [1.82, 2.24) is 25.0 Å². The Morgan fingerprint density at radius 1 is 0.980 bits per heavy atom. The largest absolute Gasteiger partial charge is 0.497 e. The topological polar surface area (TPSA) is 148 Å². The number of anilines is 1. The molecule has 3 saturated heterocycles. The Hall–Kier alpha value is -4.71. The van der Waals surface area contributed by atoms with Crippen molar-refractivity contribution in [2.45, 2.75) is 36.6 Å². The lowest BCUT2D eigenvalue weighted by molar-refractivity contribution is -0.122. The number of amides is 3. The van der Waals surface area contributed by atoms with Gasteiger partial charge in [0, 0.05) is 56.4 Å². The molecule has 1 atom stereocenters. The van der Waals surface area contributed by atoms with Gasteiger partial charge in [-0.25, -0.2) is 18.2 Å². The van der Waals surface area contributed by atoms with Crippen LogP contribution in [0.5, 0.6) is 11.6 Å². The molecule has 14 heteroatoms. The van der Waals surface area contributed by atoms with E-state index in [4.69, 9.17) is 9.47 Å². The van der Waals surface area contributed by atoms with Crippen LogP contribution in [0.2, 0.25) is 0 Å². The van der Waals surface area contributed by atoms with Crippen molar-refractivity contribution in [2.75, 3.05) is 70.4 Å². The fraction of sp³-hybridized carbons (Fsp3) is 0.444. The molecule has 13 nitrogen and oxygen atoms in total. The van der Waals surface area contributed by atoms with Crippen LogP contribution in [0.15, 0.2) is 65.7 Å². The third-order valence-electron chi connectivity index (χ3n) is 10.2. The summed E-state index contributed by atoms with van der Waals surface area (Å²) in [6, 6.07) is 14.7. The first kappa shape index (κ1) is 33.8. The smallest absolute Gasteiger partial charge is 0.318 e. The fourth-order valence-corrected chi connectivity index (χ4v) is 9.27. The van der Waals surface area contributed by atoms with Gasteiger partial charge in [-0.15, -0.1) is 0 Å². The molecule has 3 amide bonds. The molecular weight excluding hydrogens is 659 g/mol. The predicted molar refractivity (Wildman–Crippen MR) is 184 cm³/mol. The molecule has 0 radical (unpaired) electrons. The van der Waals surface area contributed by atoms with Crippen molar-refractivity contribution in [3.05, 3.63) is 77.5 Å². The summed E-state index contributed by atoms with van der Waals surface area (Å²) >= 11 is 0. The Balaban J connectivity index is 1.21. The number of nitrogens with one attached hydrogen (secondary N) is 1. The molecule has 7 rings (SSSR count). The molecule has 1 aromatic heterocycles. The maximum atomic E-state index is 15.0. The van der Waals surface area contributed by atoms with Crippen molar-refractivity contribution < 1.29 is 27.5 Å². The molecule has 0 bridgehead atoms. The minimum absolute atomic E-state index is 0.00744. The number of hydrogen-bond donors (Lipinski definition) is 1. The number of hydrogen-bond acceptors (Lipinski definition) is 10. The highest BCUT2D eigenvalue weighted by Crippen LogP contribution is 2.50. The number of likely N-dealkylation sites (tertiary alicyclic amines) is 3. The average molecular weight is 700 g/mol. The van der Waals surface area contributed by atoms with E-state index in [0.29, 0.717) is 23.1 Å². The number of nitrogens with zero attached hydrogens (tertiary/aromatic N) is 6. The number of aromatic nitrogens is 1. The summed E-state index contributed by atoms with van der Waals surface area (Å²) in [5.41, 5.74) is -1.61. The maximum absolute atomic E-state index is 15.0. The molecule has 0 aliphatic carbocycles. The van der Waals surface area contributed by atoms with E-state index in [9.17, 15) is 18.5 Å². The highest BCUT2D eigenvalue weighted by molar-refractivity contribution is 7.93. The highest BCUT2D eigenvalue weighted by Gasteiger charge is 2.60. The number of fused-ring (bicyclic) bond motifs is 1. The minimum Gasteiger partial charge on any atom is -0.497 e. The lowest BCUT2D eigenvalue weighted by Gasteiger charge is -2.60. The number of piperidine rings is 1. The van der Waals surface area contributed by atoms with E-state index in [1.807, 2.05) is 0 Å². The van der Waals surface area contributed by atoms with Gasteiger partial charge >= 0.3 is 6.03 Å². The van der Waals surface area contributed by atoms with Crippen LogP contribution >= 0.6 is 0 Å². The van der Waals surface area contributed by atoms with E-state index >= 15 is 4.79 Å². The van der Waals surface area contributed by atoms with Crippen LogP contribution in [-0.2, 0) is 20.4 Å². The molecule has 3 fully saturated rings. The van der Waals surface area contributed by atoms with Gasteiger partial charge in [0.25, 0.3) is 15.9 Å². The van der Waals surface area contributed by atoms with Gasteiger partial charge in [0.1, 0.15) is 5.75 Å². The standard InChI is InChI=1S/C36H41N7O6S/c1-3-49-32-29(8-7-15-38-32)36(39-34(45)42-24-35(25-42)22-41(23-35)19-18-40-16-5-4-6-17-40)30-20-26(21-37)9-14-31(30)43(33(36)44)50(46,47)28-12-10-27(48-2)11-13-28/h7-15,20H,3-6,16-19,22-25H2,1-2H3,(H,39,45)/t36-/m1/s1. The molecule has 5 heterocycles. The molecule has 4 aliphatic heterocycles. The summed E-state index contributed by atoms with van der Waals surface area (Å²) in [7, 11) is -3.05. The van der Waals surface area contributed by atoms with E-state index in [1.165, 1.54) is 75.0 Å². The first-order valence-corrected chi connectivity index (χ1v) is 18.5. The Kier molecular flexibility index (Phi) is 8.92. The Labute approximate surface area is 292 Å². The number of sulfonamides is 1. The zero-order chi connectivity index (χ0) is 35.1. The summed E-state index contributed by atoms with van der Waals surface area (Å²) < 4.78 is 40.4. The van der Waals surface area contributed by atoms with Gasteiger partial charge in [0.15, 0.2) is 5.54 Å². The number of carbonyl (C=O) groups excluding carboxylic acids is 2. The number of carbonyl (C=O) groups is 2. The van der Waals surface area contributed by atoms with Gasteiger partial charge in [-0.2, -0.15) is 9.57 Å². The Morgan fingerprint density at radius 3 is 2.38 bits per heavy atom. The van der Waals surface area contributed by atoms with E-state index < -0.39 is 27.5 Å². The average Bonchev–Trinajstić information content (AvgIpc) is 3.35. The first-order chi connectivity index (χ1) is 24.1. The number of pyridine rings is 1. The van der Waals surface area contributed by atoms with Gasteiger partial charge < -0.3 is 29.5 Å². The summed E-state index contributed by atoms with van der Waals surface area (Å²) in [5.74, 6) is -0.439. The van der Waals surface area contributed by atoms with Gasteiger partial charge in [-0.05, 0) is 87.5 Å². The van der Waals surface area contributed by atoms with Crippen molar-refractivity contribution in [3.8, 4) is 17.7 Å². The second kappa shape index (κ2) is 13.2. The zero-order valence-corrected chi connectivity index (χ0v) is 29.1. The van der Waals surface area contributed by atoms with Crippen molar-refractivity contribution >= 4 is 27.6 Å². The zero-order valence-electron chi connectivity index (χ0n) is 28.3. The molecule has 0 unspecified atom stereocenters. The second-order valence-corrected chi connectivity index (χ2v) is 15.3. The minimum atomic E-state index is -4.52. The first-order valence-electron chi connectivity index (χ1n) is 17.0. The lowest BCUT2D eigenvalue weighted by Crippen LogP contribution is -2.74. The second-order valence-electron chi connectivity index (χ2n) is 13.5. The number of urea groups is 1. The molecule has 262 valence electrons. The normalized spacial score (nSPS) is 21.6. The van der Waals surface area contributed by atoms with Crippen LogP contribution in [0.1, 0.15) is 42.9 Å². The van der Waals surface area contributed by atoms with Crippen LogP contribution in [-0.4, -0.2) is 106 Å². The van der Waals surface area contributed by atoms with E-state index in [1.54, 1.807) is 24.0 Å². The molecule has 50 heavy (non-hydrogen) atoms. The number of methoxy groups -OCH3 is 1. The van der Waals surface area contributed by atoms with Gasteiger partial charge in [-0.1, -0.05) is 6.42 Å². The van der Waals surface area contributed by atoms with Gasteiger partial charge in [0.05, 0.1) is 41.5 Å². The third kappa shape index (κ3) is 5.73. The van der Waals surface area contributed by atoms with Crippen LogP contribution in [0, 0.1) is 16.7 Å². The number of ether oxygens (including phenoxy) is 2. The van der Waals surface area contributed by atoms with Crippen molar-refractivity contribution in [1.29, 1.82) is 5.26 Å². The quantitative estimate of drug-likeness (QED) is 0.335. The van der Waals surface area contributed by atoms with E-state index in [0.717, 1.165) is 39.3 Å². The lowest BCUT2D eigenvalue weighted by atomic mass is 9.73. The highest BCUT2D eigenvalue weighted by atomic mass is 32.2. The third-order valence-corrected chi connectivity index (χ3v) is 12.0. The molecule has 2 aromatic carbocycles. The maximum Gasteiger partial charge on any atom is 0.318 e. The fourth-order valence-electron chi connectivity index (χ4n) is 7.80. The molecule has 1 N–H and O–H groups in total. The SMILES string of the molecule is CCOc1ncccc1[C@]1(NC(=O)N2CC3(CN(CCN4CCCCC4)C3)C2)C(=O)N(S(=O)(=O)c2ccc(OC)cc2)c2ccc(C#N)cc21. The summed E-state index contributed by atoms with van der Waals surface area (Å²) in [6.45, 7) is 9.14. The number of benzene rings is 2. The van der Waals surface area contributed by atoms with Crippen molar-refractivity contribution in [3.63, 3.8) is 0 Å². The predicted octanol–water partition coefficient (Wildman–Crippen LogP) is 3.15. The Morgan fingerprint density at radius 2 is 1.70 bits per heavy atom. The van der Waals surface area contributed by atoms with Crippen LogP contribution < -0.4 is 19.1 Å². The molecule has 0 saturated carbocycles. The van der Waals surface area contributed by atoms with Crippen LogP contribution in [0.4, 0.5) is 10.5 Å². The molecule has 4 aliphatic rings. The van der Waals surface area contributed by atoms with Crippen LogP contribution in [0.3, 0.4) is 0 Å². The molecule has 3 aromatic rings. The van der Waals surface area contributed by atoms with Crippen molar-refractivity contribution in [2.24, 2.45) is 5.41 Å².